The van der Waals surface area contributed by atoms with Gasteiger partial charge in [-0.2, -0.15) is 4.31 Å². The molecule has 0 aliphatic carbocycles. The van der Waals surface area contributed by atoms with Crippen molar-refractivity contribution in [1.29, 1.82) is 0 Å². The average molecular weight is 299 g/mol. The van der Waals surface area contributed by atoms with Gasteiger partial charge in [0.15, 0.2) is 0 Å². The van der Waals surface area contributed by atoms with E-state index in [1.807, 2.05) is 6.07 Å². The van der Waals surface area contributed by atoms with Gasteiger partial charge in [-0.25, -0.2) is 13.2 Å². The molecule has 7 heteroatoms. The predicted octanol–water partition coefficient (Wildman–Crippen LogP) is 0.692. The Morgan fingerprint density at radius 2 is 1.95 bits per heavy atom. The van der Waals surface area contributed by atoms with E-state index in [4.69, 9.17) is 9.84 Å². The lowest BCUT2D eigenvalue weighted by atomic mass is 10.0. The summed E-state index contributed by atoms with van der Waals surface area (Å²) in [7, 11) is -3.38. The van der Waals surface area contributed by atoms with Crippen LogP contribution in [0.15, 0.2) is 30.3 Å². The second-order valence-corrected chi connectivity index (χ2v) is 7.11. The maximum Gasteiger partial charge on any atom is 0.329 e. The van der Waals surface area contributed by atoms with Crippen LogP contribution < -0.4 is 0 Å². The average Bonchev–Trinajstić information content (AvgIpc) is 2.33. The summed E-state index contributed by atoms with van der Waals surface area (Å²) in [6.45, 7) is 1.68. The first kappa shape index (κ1) is 15.0. The van der Waals surface area contributed by atoms with Crippen LogP contribution in [-0.2, 0) is 25.3 Å². The number of rotatable bonds is 6. The minimum atomic E-state index is -3.38. The van der Waals surface area contributed by atoms with Crippen LogP contribution in [0.4, 0.5) is 0 Å². The Morgan fingerprint density at radius 3 is 2.50 bits per heavy atom. The normalized spacial score (nSPS) is 18.4. The van der Waals surface area contributed by atoms with E-state index in [1.54, 1.807) is 31.2 Å². The third-order valence-corrected chi connectivity index (χ3v) is 4.89. The first-order valence-corrected chi connectivity index (χ1v) is 7.79. The first-order valence-electron chi connectivity index (χ1n) is 6.18. The predicted molar refractivity (Wildman–Crippen MR) is 72.6 cm³/mol. The third-order valence-electron chi connectivity index (χ3n) is 3.15. The van der Waals surface area contributed by atoms with Crippen LogP contribution in [0, 0.1) is 0 Å². The summed E-state index contributed by atoms with van der Waals surface area (Å²) >= 11 is 0. The number of carbonyl (C=O) groups is 1. The van der Waals surface area contributed by atoms with Crippen molar-refractivity contribution in [1.82, 2.24) is 4.31 Å². The molecular weight excluding hydrogens is 282 g/mol. The van der Waals surface area contributed by atoms with Gasteiger partial charge in [-0.3, -0.25) is 0 Å². The molecule has 0 amide bonds. The molecular formula is C13H17NO5S. The summed E-state index contributed by atoms with van der Waals surface area (Å²) in [5.41, 5.74) is 0.0230. The van der Waals surface area contributed by atoms with E-state index in [0.717, 1.165) is 5.56 Å². The molecule has 0 aromatic heterocycles. The van der Waals surface area contributed by atoms with Gasteiger partial charge in [0.05, 0.1) is 11.4 Å². The van der Waals surface area contributed by atoms with Crippen LogP contribution in [0.3, 0.4) is 0 Å². The van der Waals surface area contributed by atoms with Gasteiger partial charge < -0.3 is 9.84 Å². The molecule has 1 fully saturated rings. The van der Waals surface area contributed by atoms with E-state index in [0.29, 0.717) is 0 Å². The van der Waals surface area contributed by atoms with Crippen LogP contribution >= 0.6 is 0 Å². The summed E-state index contributed by atoms with van der Waals surface area (Å²) in [5, 5.41) is 8.56. The maximum atomic E-state index is 12.2. The summed E-state index contributed by atoms with van der Waals surface area (Å²) in [6, 6.07) is 8.94. The molecule has 20 heavy (non-hydrogen) atoms. The van der Waals surface area contributed by atoms with Gasteiger partial charge in [-0.15, -0.1) is 0 Å². The topological polar surface area (TPSA) is 83.9 Å². The fourth-order valence-electron chi connectivity index (χ4n) is 2.10. The zero-order valence-corrected chi connectivity index (χ0v) is 12.0. The Morgan fingerprint density at radius 1 is 1.35 bits per heavy atom. The molecule has 1 aromatic rings. The van der Waals surface area contributed by atoms with Gasteiger partial charge in [0, 0.05) is 13.1 Å². The summed E-state index contributed by atoms with van der Waals surface area (Å²) in [6.07, 6.45) is 0. The first-order chi connectivity index (χ1) is 9.31. The van der Waals surface area contributed by atoms with Crippen LogP contribution in [0.2, 0.25) is 0 Å². The highest BCUT2D eigenvalue weighted by atomic mass is 32.2. The lowest BCUT2D eigenvalue weighted by Gasteiger charge is -2.46. The van der Waals surface area contributed by atoms with Crippen molar-refractivity contribution >= 4 is 16.0 Å². The Kier molecular flexibility index (Phi) is 4.12. The molecule has 0 radical (unpaired) electrons. The lowest BCUT2D eigenvalue weighted by molar-refractivity contribution is -0.157. The van der Waals surface area contributed by atoms with Gasteiger partial charge in [-0.05, 0) is 12.5 Å². The maximum absolute atomic E-state index is 12.2. The minimum absolute atomic E-state index is 0.0527. The summed E-state index contributed by atoms with van der Waals surface area (Å²) in [4.78, 5) is 10.4. The standard InChI is InChI=1S/C13H17NO5S/c1-13(19-7-12(15)16)9-14(10-13)20(17,18)8-11-5-3-2-4-6-11/h2-6H,7-10H2,1H3,(H,15,16). The zero-order valence-electron chi connectivity index (χ0n) is 11.2. The van der Waals surface area contributed by atoms with Crippen molar-refractivity contribution in [3.8, 4) is 0 Å². The molecule has 1 heterocycles. The number of ether oxygens (including phenoxy) is 1. The van der Waals surface area contributed by atoms with Gasteiger partial charge >= 0.3 is 5.97 Å². The number of carboxylic acids is 1. The molecule has 0 bridgehead atoms. The molecule has 0 atom stereocenters. The van der Waals surface area contributed by atoms with E-state index in [1.165, 1.54) is 4.31 Å². The van der Waals surface area contributed by atoms with Crippen LogP contribution in [0.25, 0.3) is 0 Å². The van der Waals surface area contributed by atoms with E-state index in [9.17, 15) is 13.2 Å². The second kappa shape index (κ2) is 5.51. The molecule has 110 valence electrons. The molecule has 2 rings (SSSR count). The Labute approximate surface area is 118 Å². The van der Waals surface area contributed by atoms with Gasteiger partial charge in [0.1, 0.15) is 6.61 Å². The molecule has 0 unspecified atom stereocenters. The minimum Gasteiger partial charge on any atom is -0.480 e. The van der Waals surface area contributed by atoms with Crippen molar-refractivity contribution in [2.45, 2.75) is 18.3 Å². The number of carboxylic acid groups (broad SMARTS) is 1. The van der Waals surface area contributed by atoms with Crippen molar-refractivity contribution in [3.05, 3.63) is 35.9 Å². The van der Waals surface area contributed by atoms with Gasteiger partial charge in [0.2, 0.25) is 10.0 Å². The smallest absolute Gasteiger partial charge is 0.329 e. The van der Waals surface area contributed by atoms with Crippen LogP contribution in [0.5, 0.6) is 0 Å². The zero-order chi connectivity index (χ0) is 14.8. The number of hydrogen-bond donors (Lipinski definition) is 1. The largest absolute Gasteiger partial charge is 0.480 e. The van der Waals surface area contributed by atoms with E-state index in [-0.39, 0.29) is 18.8 Å². The fourth-order valence-corrected chi connectivity index (χ4v) is 3.84. The van der Waals surface area contributed by atoms with E-state index in [2.05, 4.69) is 0 Å². The SMILES string of the molecule is CC1(OCC(=O)O)CN(S(=O)(=O)Cc2ccccc2)C1. The third kappa shape index (κ3) is 3.56. The highest BCUT2D eigenvalue weighted by Crippen LogP contribution is 2.28. The molecule has 1 aromatic carbocycles. The number of sulfonamides is 1. The molecule has 1 N–H and O–H groups in total. The fraction of sp³-hybridized carbons (Fsp3) is 0.462. The summed E-state index contributed by atoms with van der Waals surface area (Å²) in [5.74, 6) is -1.11. The van der Waals surface area contributed by atoms with Crippen molar-refractivity contribution in [2.24, 2.45) is 0 Å². The number of aliphatic carboxylic acids is 1. The molecule has 6 nitrogen and oxygen atoms in total. The van der Waals surface area contributed by atoms with Crippen molar-refractivity contribution in [2.75, 3.05) is 19.7 Å². The molecule has 1 aliphatic rings. The quantitative estimate of drug-likeness (QED) is 0.835. The number of benzene rings is 1. The van der Waals surface area contributed by atoms with E-state index >= 15 is 0 Å². The molecule has 0 spiro atoms. The molecule has 1 saturated heterocycles. The van der Waals surface area contributed by atoms with Gasteiger partial charge in [0.25, 0.3) is 0 Å². The number of hydrogen-bond acceptors (Lipinski definition) is 4. The Hall–Kier alpha value is -1.44. The Bertz CT molecular complexity index is 578. The van der Waals surface area contributed by atoms with Crippen molar-refractivity contribution in [3.63, 3.8) is 0 Å². The lowest BCUT2D eigenvalue weighted by Crippen LogP contribution is -2.63. The second-order valence-electron chi connectivity index (χ2n) is 5.14. The van der Waals surface area contributed by atoms with Gasteiger partial charge in [-0.1, -0.05) is 30.3 Å². The number of nitrogens with zero attached hydrogens (tertiary/aromatic N) is 1. The monoisotopic (exact) mass is 299 g/mol. The van der Waals surface area contributed by atoms with Crippen LogP contribution in [0.1, 0.15) is 12.5 Å². The Balaban J connectivity index is 1.92. The van der Waals surface area contributed by atoms with Crippen LogP contribution in [-0.4, -0.2) is 49.1 Å². The van der Waals surface area contributed by atoms with Crippen molar-refractivity contribution < 1.29 is 23.1 Å². The summed E-state index contributed by atoms with van der Waals surface area (Å²) < 4.78 is 30.8. The van der Waals surface area contributed by atoms with E-state index < -0.39 is 28.2 Å². The molecule has 1 aliphatic heterocycles. The highest BCUT2D eigenvalue weighted by molar-refractivity contribution is 7.88. The highest BCUT2D eigenvalue weighted by Gasteiger charge is 2.45. The molecule has 0 saturated carbocycles.